The van der Waals surface area contributed by atoms with E-state index >= 15 is 0 Å². The summed E-state index contributed by atoms with van der Waals surface area (Å²) in [6.07, 6.45) is 5.00. The van der Waals surface area contributed by atoms with Crippen LogP contribution in [0.1, 0.15) is 37.7 Å². The molecule has 2 heterocycles. The van der Waals surface area contributed by atoms with E-state index in [0.29, 0.717) is 12.2 Å². The van der Waals surface area contributed by atoms with Crippen molar-refractivity contribution in [2.24, 2.45) is 16.0 Å². The van der Waals surface area contributed by atoms with Crippen LogP contribution < -0.4 is 22.1 Å². The molecule has 1 fully saturated rings. The van der Waals surface area contributed by atoms with Crippen LogP contribution in [0.15, 0.2) is 52.0 Å². The summed E-state index contributed by atoms with van der Waals surface area (Å²) in [7, 11) is 0. The Morgan fingerprint density at radius 1 is 1.32 bits per heavy atom. The van der Waals surface area contributed by atoms with Gasteiger partial charge in [0.15, 0.2) is 5.84 Å². The molecule has 7 N–H and O–H groups in total. The van der Waals surface area contributed by atoms with Gasteiger partial charge in [-0.25, -0.2) is 10.4 Å². The molecule has 3 rings (SSSR count). The van der Waals surface area contributed by atoms with E-state index < -0.39 is 5.91 Å². The molecule has 1 aromatic rings. The maximum absolute atomic E-state index is 12.8. The number of benzene rings is 1. The Bertz CT molecular complexity index is 876. The molecule has 11 nitrogen and oxygen atoms in total. The van der Waals surface area contributed by atoms with Crippen LogP contribution in [0.25, 0.3) is 0 Å². The maximum Gasteiger partial charge on any atom is 0.290 e. The summed E-state index contributed by atoms with van der Waals surface area (Å²) in [5, 5.41) is 25.4. The van der Waals surface area contributed by atoms with Crippen LogP contribution in [0.2, 0.25) is 0 Å². The van der Waals surface area contributed by atoms with Crippen LogP contribution in [0.4, 0.5) is 0 Å². The van der Waals surface area contributed by atoms with Crippen LogP contribution in [-0.2, 0) is 4.79 Å². The van der Waals surface area contributed by atoms with Gasteiger partial charge in [-0.15, -0.1) is 5.53 Å². The first-order valence-corrected chi connectivity index (χ1v) is 10.2. The summed E-state index contributed by atoms with van der Waals surface area (Å²) in [5.74, 6) is -1.07. The number of nitrogens with one attached hydrogen (secondary N) is 4. The Labute approximate surface area is 181 Å². The molecule has 1 atom stereocenters. The van der Waals surface area contributed by atoms with Crippen molar-refractivity contribution in [1.29, 1.82) is 5.41 Å². The predicted octanol–water partition coefficient (Wildman–Crippen LogP) is 0.638. The van der Waals surface area contributed by atoms with Gasteiger partial charge in [-0.05, 0) is 31.5 Å². The lowest BCUT2D eigenvalue weighted by atomic mass is 10.0. The second kappa shape index (κ2) is 10.5. The van der Waals surface area contributed by atoms with Crippen molar-refractivity contribution in [1.82, 2.24) is 26.3 Å². The van der Waals surface area contributed by atoms with Gasteiger partial charge >= 0.3 is 0 Å². The van der Waals surface area contributed by atoms with Crippen molar-refractivity contribution in [3.63, 3.8) is 0 Å². The van der Waals surface area contributed by atoms with Crippen molar-refractivity contribution in [3.8, 4) is 0 Å². The standard InChI is InChI=1S/C20H29N9O2/c1-14(15-8-4-2-5-9-15)12-23-25-20(30)17-16(13-28-10-6-3-7-11-28)29(27-24-17)19(22)18(21)26-31/h2,4-5,8-9,12,14,22,24,27,31H,3,6-7,10-11,13H2,1H3,(H2,21,26)(H,25,30)/b22-19?,23-12+. The Hall–Kier alpha value is -3.44. The fourth-order valence-corrected chi connectivity index (χ4v) is 3.49. The van der Waals surface area contributed by atoms with Gasteiger partial charge < -0.3 is 10.9 Å². The second-order valence-corrected chi connectivity index (χ2v) is 7.48. The fraction of sp³-hybridized carbons (Fsp3) is 0.400. The maximum atomic E-state index is 12.8. The minimum atomic E-state index is -0.453. The molecule has 166 valence electrons. The number of amides is 1. The number of likely N-dealkylation sites (tertiary alicyclic amines) is 1. The zero-order valence-corrected chi connectivity index (χ0v) is 17.5. The molecule has 0 bridgehead atoms. The molecule has 0 spiro atoms. The zero-order chi connectivity index (χ0) is 22.2. The molecular weight excluding hydrogens is 398 g/mol. The summed E-state index contributed by atoms with van der Waals surface area (Å²) in [5.41, 5.74) is 15.5. The number of oxime groups is 1. The molecule has 1 unspecified atom stereocenters. The molecule has 31 heavy (non-hydrogen) atoms. The smallest absolute Gasteiger partial charge is 0.290 e. The van der Waals surface area contributed by atoms with Crippen molar-refractivity contribution >= 4 is 23.8 Å². The number of rotatable bonds is 6. The van der Waals surface area contributed by atoms with Crippen molar-refractivity contribution in [3.05, 3.63) is 47.3 Å². The van der Waals surface area contributed by atoms with Crippen molar-refractivity contribution < 1.29 is 10.0 Å². The quantitative estimate of drug-likeness (QED) is 0.168. The molecule has 2 aliphatic rings. The number of hydrogen-bond donors (Lipinski definition) is 6. The highest BCUT2D eigenvalue weighted by molar-refractivity contribution is 6.38. The van der Waals surface area contributed by atoms with Gasteiger partial charge in [0.1, 0.15) is 5.70 Å². The summed E-state index contributed by atoms with van der Waals surface area (Å²) < 4.78 is 0. The van der Waals surface area contributed by atoms with Crippen LogP contribution in [0, 0.1) is 5.41 Å². The van der Waals surface area contributed by atoms with E-state index in [0.717, 1.165) is 31.5 Å². The average Bonchev–Trinajstić information content (AvgIpc) is 3.22. The average molecular weight is 428 g/mol. The van der Waals surface area contributed by atoms with E-state index in [1.807, 2.05) is 37.3 Å². The van der Waals surface area contributed by atoms with Crippen molar-refractivity contribution in [2.75, 3.05) is 19.6 Å². The first kappa shape index (κ1) is 22.2. The lowest BCUT2D eigenvalue weighted by Crippen LogP contribution is -2.49. The van der Waals surface area contributed by atoms with Gasteiger partial charge in [-0.1, -0.05) is 48.8 Å². The highest BCUT2D eigenvalue weighted by Gasteiger charge is 2.32. The van der Waals surface area contributed by atoms with Crippen LogP contribution >= 0.6 is 0 Å². The number of amidine groups is 2. The predicted molar refractivity (Wildman–Crippen MR) is 118 cm³/mol. The summed E-state index contributed by atoms with van der Waals surface area (Å²) >= 11 is 0. The lowest BCUT2D eigenvalue weighted by molar-refractivity contribution is -0.117. The molecule has 0 radical (unpaired) electrons. The number of hydrogen-bond acceptors (Lipinski definition) is 8. The first-order valence-electron chi connectivity index (χ1n) is 10.2. The van der Waals surface area contributed by atoms with Crippen LogP contribution in [-0.4, -0.2) is 58.5 Å². The van der Waals surface area contributed by atoms with Gasteiger partial charge in [0.25, 0.3) is 5.91 Å². The fourth-order valence-electron chi connectivity index (χ4n) is 3.49. The van der Waals surface area contributed by atoms with E-state index in [2.05, 4.69) is 31.5 Å². The molecule has 1 amide bonds. The Morgan fingerprint density at radius 2 is 2.03 bits per heavy atom. The molecule has 1 saturated heterocycles. The van der Waals surface area contributed by atoms with Crippen molar-refractivity contribution in [2.45, 2.75) is 32.1 Å². The third-order valence-electron chi connectivity index (χ3n) is 5.26. The topological polar surface area (TPSA) is 154 Å². The Kier molecular flexibility index (Phi) is 7.57. The minimum Gasteiger partial charge on any atom is -0.409 e. The van der Waals surface area contributed by atoms with Crippen LogP contribution in [0.3, 0.4) is 0 Å². The molecule has 1 aromatic carbocycles. The first-order chi connectivity index (χ1) is 15.0. The van der Waals surface area contributed by atoms with E-state index in [1.165, 1.54) is 11.4 Å². The van der Waals surface area contributed by atoms with Gasteiger partial charge in [0, 0.05) is 18.7 Å². The monoisotopic (exact) mass is 427 g/mol. The van der Waals surface area contributed by atoms with Gasteiger partial charge in [-0.2, -0.15) is 5.10 Å². The van der Waals surface area contributed by atoms with E-state index in [1.54, 1.807) is 6.21 Å². The molecule has 0 aromatic heterocycles. The lowest BCUT2D eigenvalue weighted by Gasteiger charge is -2.29. The van der Waals surface area contributed by atoms with Gasteiger partial charge in [-0.3, -0.25) is 20.5 Å². The number of nitrogens with zero attached hydrogens (tertiary/aromatic N) is 4. The SMILES string of the molecule is CC(/C=N/NC(=O)C1=C(CN2CCCCC2)N(C(=N)/C(N)=N\O)NN1)c1ccccc1. The summed E-state index contributed by atoms with van der Waals surface area (Å²) in [6.45, 7) is 4.21. The largest absolute Gasteiger partial charge is 0.409 e. The highest BCUT2D eigenvalue weighted by atomic mass is 16.4. The normalized spacial score (nSPS) is 18.9. The molecule has 0 aliphatic carbocycles. The number of hydrazine groups is 2. The zero-order valence-electron chi connectivity index (χ0n) is 17.5. The van der Waals surface area contributed by atoms with Gasteiger partial charge in [0.05, 0.1) is 5.70 Å². The number of carbonyl (C=O) groups is 1. The van der Waals surface area contributed by atoms with Gasteiger partial charge in [0.2, 0.25) is 5.84 Å². The summed E-state index contributed by atoms with van der Waals surface area (Å²) in [6, 6.07) is 9.85. The highest BCUT2D eigenvalue weighted by Crippen LogP contribution is 2.18. The van der Waals surface area contributed by atoms with Crippen LogP contribution in [0.5, 0.6) is 0 Å². The molecule has 2 aliphatic heterocycles. The minimum absolute atomic E-state index is 0.0307. The molecule has 0 saturated carbocycles. The summed E-state index contributed by atoms with van der Waals surface area (Å²) in [4.78, 5) is 15.0. The third kappa shape index (κ3) is 5.58. The Morgan fingerprint density at radius 3 is 2.71 bits per heavy atom. The third-order valence-corrected chi connectivity index (χ3v) is 5.26. The number of hydrazone groups is 1. The number of piperidine rings is 1. The molecular formula is C20H29N9O2. The van der Waals surface area contributed by atoms with E-state index in [-0.39, 0.29) is 23.3 Å². The van der Waals surface area contributed by atoms with E-state index in [4.69, 9.17) is 16.4 Å². The molecule has 11 heteroatoms. The number of carbonyl (C=O) groups excluding carboxylic acids is 1. The Balaban J connectivity index is 1.74. The van der Waals surface area contributed by atoms with E-state index in [9.17, 15) is 4.79 Å². The second-order valence-electron chi connectivity index (χ2n) is 7.48. The number of nitrogens with two attached hydrogens (primary N) is 1.